The number of nitrogens with one attached hydrogen (secondary N) is 1. The fourth-order valence-corrected chi connectivity index (χ4v) is 3.25. The number of hydrogen-bond donors (Lipinski definition) is 1. The third-order valence-corrected chi connectivity index (χ3v) is 5.17. The van der Waals surface area contributed by atoms with Crippen LogP contribution in [0.25, 0.3) is 0 Å². The van der Waals surface area contributed by atoms with E-state index in [0.29, 0.717) is 39.2 Å². The lowest BCUT2D eigenvalue weighted by Gasteiger charge is -2.21. The molecule has 0 saturated heterocycles. The molecule has 0 atom stereocenters. The quantitative estimate of drug-likeness (QED) is 0.145. The summed E-state index contributed by atoms with van der Waals surface area (Å²) in [5.74, 6) is -0.321. The van der Waals surface area contributed by atoms with E-state index in [1.165, 1.54) is 36.3 Å². The number of carbonyl (C=O) groups is 2. The normalized spacial score (nSPS) is 10.2. The molecule has 0 heterocycles. The Bertz CT molecular complexity index is 602. The first kappa shape index (κ1) is 30.7. The second-order valence-corrected chi connectivity index (χ2v) is 8.02. The molecule has 0 radical (unpaired) electrons. The summed E-state index contributed by atoms with van der Waals surface area (Å²) in [5, 5.41) is 2.83. The SMILES string of the molecule is CCCCCCCOCC(=O)N(CCCCCCN=C=O)C(=O)NCCCCCCN=C=O. The van der Waals surface area contributed by atoms with E-state index in [4.69, 9.17) is 4.74 Å². The van der Waals surface area contributed by atoms with Gasteiger partial charge in [0.25, 0.3) is 5.91 Å². The number of hydrogen-bond acceptors (Lipinski definition) is 7. The molecule has 9 nitrogen and oxygen atoms in total. The number of ether oxygens (including phenoxy) is 1. The minimum Gasteiger partial charge on any atom is -0.372 e. The second-order valence-electron chi connectivity index (χ2n) is 8.02. The molecule has 0 aromatic carbocycles. The number of unbranched alkanes of at least 4 members (excludes halogenated alkanes) is 10. The maximum atomic E-state index is 12.6. The van der Waals surface area contributed by atoms with Gasteiger partial charge in [-0.25, -0.2) is 24.4 Å². The largest absolute Gasteiger partial charge is 0.372 e. The molecule has 0 unspecified atom stereocenters. The van der Waals surface area contributed by atoms with Crippen molar-refractivity contribution in [1.29, 1.82) is 0 Å². The van der Waals surface area contributed by atoms with Gasteiger partial charge in [-0.1, -0.05) is 58.3 Å². The van der Waals surface area contributed by atoms with E-state index in [-0.39, 0.29) is 18.5 Å². The first-order valence-electron chi connectivity index (χ1n) is 12.4. The van der Waals surface area contributed by atoms with Crippen molar-refractivity contribution in [3.05, 3.63) is 0 Å². The number of urea groups is 1. The topological polar surface area (TPSA) is 118 Å². The Hall–Kier alpha value is -2.34. The van der Waals surface area contributed by atoms with Crippen LogP contribution in [0.5, 0.6) is 0 Å². The van der Waals surface area contributed by atoms with Crippen LogP contribution in [0, 0.1) is 0 Å². The fraction of sp³-hybridized carbons (Fsp3) is 0.833. The van der Waals surface area contributed by atoms with Crippen molar-refractivity contribution in [2.45, 2.75) is 90.4 Å². The molecule has 0 rings (SSSR count). The van der Waals surface area contributed by atoms with Crippen molar-refractivity contribution in [3.63, 3.8) is 0 Å². The van der Waals surface area contributed by atoms with Crippen LogP contribution in [0.4, 0.5) is 4.79 Å². The lowest BCUT2D eigenvalue weighted by molar-refractivity contribution is -0.133. The number of rotatable bonds is 22. The van der Waals surface area contributed by atoms with Gasteiger partial charge in [0.1, 0.15) is 6.61 Å². The molecule has 0 spiro atoms. The van der Waals surface area contributed by atoms with Gasteiger partial charge in [0.15, 0.2) is 0 Å². The van der Waals surface area contributed by atoms with Crippen molar-refractivity contribution < 1.29 is 23.9 Å². The fourth-order valence-electron chi connectivity index (χ4n) is 3.25. The number of amides is 3. The molecule has 188 valence electrons. The average Bonchev–Trinajstić information content (AvgIpc) is 2.81. The maximum Gasteiger partial charge on any atom is 0.324 e. The Morgan fingerprint density at radius 1 is 0.788 bits per heavy atom. The first-order chi connectivity index (χ1) is 16.2. The zero-order chi connectivity index (χ0) is 24.4. The predicted octanol–water partition coefficient (Wildman–Crippen LogP) is 4.30. The van der Waals surface area contributed by atoms with Crippen molar-refractivity contribution >= 4 is 24.1 Å². The predicted molar refractivity (Wildman–Crippen MR) is 128 cm³/mol. The number of isocyanates is 2. The van der Waals surface area contributed by atoms with Gasteiger partial charge in [0.2, 0.25) is 12.2 Å². The zero-order valence-corrected chi connectivity index (χ0v) is 20.3. The van der Waals surface area contributed by atoms with Crippen molar-refractivity contribution in [1.82, 2.24) is 10.2 Å². The monoisotopic (exact) mass is 466 g/mol. The van der Waals surface area contributed by atoms with Gasteiger partial charge in [-0.15, -0.1) is 0 Å². The second kappa shape index (κ2) is 24.3. The van der Waals surface area contributed by atoms with Crippen LogP contribution < -0.4 is 5.32 Å². The van der Waals surface area contributed by atoms with Crippen LogP contribution in [0.2, 0.25) is 0 Å². The van der Waals surface area contributed by atoms with Gasteiger partial charge in [-0.05, 0) is 32.1 Å². The van der Waals surface area contributed by atoms with Crippen LogP contribution in [0.3, 0.4) is 0 Å². The van der Waals surface area contributed by atoms with E-state index in [1.54, 1.807) is 0 Å². The molecule has 3 amide bonds. The van der Waals surface area contributed by atoms with E-state index in [2.05, 4.69) is 22.2 Å². The Morgan fingerprint density at radius 2 is 1.36 bits per heavy atom. The molecule has 33 heavy (non-hydrogen) atoms. The lowest BCUT2D eigenvalue weighted by Crippen LogP contribution is -2.46. The highest BCUT2D eigenvalue weighted by Gasteiger charge is 2.20. The van der Waals surface area contributed by atoms with Crippen molar-refractivity contribution in [2.24, 2.45) is 9.98 Å². The molecule has 0 saturated carbocycles. The van der Waals surface area contributed by atoms with Crippen LogP contribution in [0.15, 0.2) is 9.98 Å². The molecule has 0 aliphatic rings. The summed E-state index contributed by atoms with van der Waals surface area (Å²) >= 11 is 0. The van der Waals surface area contributed by atoms with E-state index in [9.17, 15) is 19.2 Å². The number of nitrogens with zero attached hydrogens (tertiary/aromatic N) is 3. The van der Waals surface area contributed by atoms with Gasteiger partial charge in [-0.2, -0.15) is 0 Å². The molecule has 1 N–H and O–H groups in total. The molecular formula is C24H42N4O5. The summed E-state index contributed by atoms with van der Waals surface area (Å²) in [7, 11) is 0. The minimum absolute atomic E-state index is 0.0908. The van der Waals surface area contributed by atoms with Gasteiger partial charge in [0.05, 0.1) is 13.1 Å². The molecular weight excluding hydrogens is 424 g/mol. The summed E-state index contributed by atoms with van der Waals surface area (Å²) in [6, 6.07) is -0.386. The molecule has 0 bridgehead atoms. The smallest absolute Gasteiger partial charge is 0.324 e. The minimum atomic E-state index is -0.386. The van der Waals surface area contributed by atoms with E-state index >= 15 is 0 Å². The zero-order valence-electron chi connectivity index (χ0n) is 20.3. The van der Waals surface area contributed by atoms with Gasteiger partial charge < -0.3 is 10.1 Å². The molecule has 0 aliphatic carbocycles. The van der Waals surface area contributed by atoms with E-state index in [1.807, 2.05) is 0 Å². The third-order valence-electron chi connectivity index (χ3n) is 5.17. The number of carbonyl (C=O) groups excluding carboxylic acids is 4. The summed E-state index contributed by atoms with van der Waals surface area (Å²) in [5.41, 5.74) is 0. The maximum absolute atomic E-state index is 12.6. The van der Waals surface area contributed by atoms with Crippen LogP contribution in [-0.2, 0) is 19.1 Å². The molecule has 0 fully saturated rings. The molecule has 9 heteroatoms. The summed E-state index contributed by atoms with van der Waals surface area (Å²) in [6.45, 7) is 4.37. The van der Waals surface area contributed by atoms with Gasteiger partial charge in [0, 0.05) is 19.7 Å². The molecule has 0 aliphatic heterocycles. The third kappa shape index (κ3) is 20.0. The average molecular weight is 467 g/mol. The van der Waals surface area contributed by atoms with Crippen LogP contribution >= 0.6 is 0 Å². The van der Waals surface area contributed by atoms with Crippen LogP contribution in [-0.4, -0.2) is 68.4 Å². The Balaban J connectivity index is 4.32. The Morgan fingerprint density at radius 3 is 2.00 bits per heavy atom. The van der Waals surface area contributed by atoms with Crippen molar-refractivity contribution in [2.75, 3.05) is 39.4 Å². The summed E-state index contributed by atoms with van der Waals surface area (Å²) in [6.07, 6.45) is 15.2. The standard InChI is InChI=1S/C24H42N4O5/c1-2-3-4-9-14-19-33-20-23(31)28(18-13-8-7-11-16-26-22-30)24(32)27-17-12-6-5-10-15-25-21-29/h2-20H2,1H3,(H,27,32). The van der Waals surface area contributed by atoms with E-state index in [0.717, 1.165) is 57.8 Å². The highest BCUT2D eigenvalue weighted by molar-refractivity contribution is 5.95. The lowest BCUT2D eigenvalue weighted by atomic mass is 10.2. The number of imide groups is 1. The molecule has 0 aromatic heterocycles. The first-order valence-corrected chi connectivity index (χ1v) is 12.4. The van der Waals surface area contributed by atoms with Crippen LogP contribution in [0.1, 0.15) is 90.4 Å². The summed E-state index contributed by atoms with van der Waals surface area (Å²) in [4.78, 5) is 53.6. The molecule has 0 aromatic rings. The van der Waals surface area contributed by atoms with Gasteiger partial charge >= 0.3 is 6.03 Å². The summed E-state index contributed by atoms with van der Waals surface area (Å²) < 4.78 is 5.51. The highest BCUT2D eigenvalue weighted by Crippen LogP contribution is 2.06. The number of aliphatic imine (C=N–C) groups is 2. The van der Waals surface area contributed by atoms with Crippen molar-refractivity contribution in [3.8, 4) is 0 Å². The van der Waals surface area contributed by atoms with E-state index < -0.39 is 0 Å². The van der Waals surface area contributed by atoms with Gasteiger partial charge in [-0.3, -0.25) is 9.69 Å². The Labute approximate surface area is 198 Å². The highest BCUT2D eigenvalue weighted by atomic mass is 16.5. The Kier molecular flexibility index (Phi) is 22.6.